The van der Waals surface area contributed by atoms with E-state index in [1.807, 2.05) is 73.7 Å². The van der Waals surface area contributed by atoms with Gasteiger partial charge in [0.05, 0.1) is 11.3 Å². The summed E-state index contributed by atoms with van der Waals surface area (Å²) in [5.41, 5.74) is 2.92. The number of anilines is 2. The Labute approximate surface area is 170 Å². The number of likely N-dealkylation sites (N-methyl/N-ethyl adjacent to an activating group) is 1. The minimum Gasteiger partial charge on any atom is -0.452 e. The number of carbonyl (C=O) groups is 2. The smallest absolute Gasteiger partial charge is 0.340 e. The monoisotopic (exact) mass is 388 g/mol. The molecule has 3 aromatic carbocycles. The summed E-state index contributed by atoms with van der Waals surface area (Å²) >= 11 is 0. The van der Waals surface area contributed by atoms with Crippen LogP contribution in [-0.2, 0) is 16.1 Å². The van der Waals surface area contributed by atoms with E-state index in [4.69, 9.17) is 4.74 Å². The van der Waals surface area contributed by atoms with Gasteiger partial charge in [-0.2, -0.15) is 0 Å². The van der Waals surface area contributed by atoms with Crippen LogP contribution in [0.25, 0.3) is 0 Å². The third-order valence-electron chi connectivity index (χ3n) is 4.48. The summed E-state index contributed by atoms with van der Waals surface area (Å²) in [6.45, 7) is 2.64. The van der Waals surface area contributed by atoms with Crippen molar-refractivity contribution in [3.8, 4) is 0 Å². The second-order valence-corrected chi connectivity index (χ2v) is 6.51. The third-order valence-corrected chi connectivity index (χ3v) is 4.48. The highest BCUT2D eigenvalue weighted by atomic mass is 16.5. The van der Waals surface area contributed by atoms with E-state index in [1.165, 1.54) is 0 Å². The van der Waals surface area contributed by atoms with Crippen molar-refractivity contribution in [2.75, 3.05) is 18.5 Å². The molecule has 0 aromatic heterocycles. The molecule has 1 N–H and O–H groups in total. The lowest BCUT2D eigenvalue weighted by Crippen LogP contribution is -2.34. The molecule has 3 rings (SSSR count). The van der Waals surface area contributed by atoms with Crippen molar-refractivity contribution in [3.63, 3.8) is 0 Å². The molecular weight excluding hydrogens is 364 g/mol. The molecular formula is C24H24N2O3. The van der Waals surface area contributed by atoms with Gasteiger partial charge in [-0.3, -0.25) is 4.79 Å². The van der Waals surface area contributed by atoms with E-state index in [0.29, 0.717) is 24.3 Å². The molecule has 3 aromatic rings. The SMILES string of the molecule is CCN(Cc1ccccc1)C(=O)COC(=O)c1ccccc1Nc1ccccc1. The van der Waals surface area contributed by atoms with Crippen LogP contribution in [0.15, 0.2) is 84.9 Å². The average Bonchev–Trinajstić information content (AvgIpc) is 2.77. The molecule has 5 heteroatoms. The van der Waals surface area contributed by atoms with Gasteiger partial charge in [-0.15, -0.1) is 0 Å². The second kappa shape index (κ2) is 10.1. The number of hydrogen-bond donors (Lipinski definition) is 1. The maximum Gasteiger partial charge on any atom is 0.340 e. The van der Waals surface area contributed by atoms with Crippen LogP contribution in [0.2, 0.25) is 0 Å². The molecule has 1 amide bonds. The zero-order valence-corrected chi connectivity index (χ0v) is 16.4. The van der Waals surface area contributed by atoms with E-state index in [-0.39, 0.29) is 12.5 Å². The summed E-state index contributed by atoms with van der Waals surface area (Å²) in [5, 5.41) is 3.21. The molecule has 0 radical (unpaired) electrons. The van der Waals surface area contributed by atoms with Crippen LogP contribution >= 0.6 is 0 Å². The van der Waals surface area contributed by atoms with Crippen LogP contribution in [-0.4, -0.2) is 29.9 Å². The molecule has 0 spiro atoms. The molecule has 0 aliphatic rings. The normalized spacial score (nSPS) is 10.2. The van der Waals surface area contributed by atoms with Gasteiger partial charge >= 0.3 is 5.97 Å². The lowest BCUT2D eigenvalue weighted by molar-refractivity contribution is -0.134. The molecule has 0 saturated carbocycles. The standard InChI is InChI=1S/C24H24N2O3/c1-2-26(17-19-11-5-3-6-12-19)23(27)18-29-24(28)21-15-9-10-16-22(21)25-20-13-7-4-8-14-20/h3-16,25H,2,17-18H2,1H3. The van der Waals surface area contributed by atoms with Crippen molar-refractivity contribution in [2.24, 2.45) is 0 Å². The molecule has 0 aliphatic carbocycles. The number of amides is 1. The zero-order chi connectivity index (χ0) is 20.5. The predicted molar refractivity (Wildman–Crippen MR) is 114 cm³/mol. The van der Waals surface area contributed by atoms with E-state index in [0.717, 1.165) is 11.3 Å². The maximum atomic E-state index is 12.6. The average molecular weight is 388 g/mol. The molecule has 0 aliphatic heterocycles. The summed E-state index contributed by atoms with van der Waals surface area (Å²) in [6, 6.07) is 26.4. The Morgan fingerprint density at radius 1 is 0.862 bits per heavy atom. The van der Waals surface area contributed by atoms with Crippen molar-refractivity contribution < 1.29 is 14.3 Å². The van der Waals surface area contributed by atoms with E-state index < -0.39 is 5.97 Å². The van der Waals surface area contributed by atoms with Crippen molar-refractivity contribution in [1.82, 2.24) is 4.90 Å². The highest BCUT2D eigenvalue weighted by molar-refractivity contribution is 5.97. The van der Waals surface area contributed by atoms with Crippen LogP contribution in [0.4, 0.5) is 11.4 Å². The van der Waals surface area contributed by atoms with Crippen molar-refractivity contribution in [2.45, 2.75) is 13.5 Å². The minimum atomic E-state index is -0.534. The first kappa shape index (κ1) is 20.1. The number of benzene rings is 3. The molecule has 148 valence electrons. The van der Waals surface area contributed by atoms with E-state index in [1.54, 1.807) is 23.1 Å². The Balaban J connectivity index is 1.62. The van der Waals surface area contributed by atoms with Gasteiger partial charge in [-0.1, -0.05) is 60.7 Å². The van der Waals surface area contributed by atoms with Crippen LogP contribution in [0, 0.1) is 0 Å². The van der Waals surface area contributed by atoms with E-state index in [9.17, 15) is 9.59 Å². The van der Waals surface area contributed by atoms with E-state index >= 15 is 0 Å². The number of ether oxygens (including phenoxy) is 1. The molecule has 0 heterocycles. The van der Waals surface area contributed by atoms with Gasteiger partial charge < -0.3 is 15.0 Å². The summed E-state index contributed by atoms with van der Waals surface area (Å²) in [5.74, 6) is -0.758. The fraction of sp³-hybridized carbons (Fsp3) is 0.167. The molecule has 0 saturated heterocycles. The third kappa shape index (κ3) is 5.69. The Morgan fingerprint density at radius 2 is 1.48 bits per heavy atom. The van der Waals surface area contributed by atoms with Crippen LogP contribution in [0.5, 0.6) is 0 Å². The van der Waals surface area contributed by atoms with E-state index in [2.05, 4.69) is 5.32 Å². The Hall–Kier alpha value is -3.60. The Bertz CT molecular complexity index is 943. The fourth-order valence-electron chi connectivity index (χ4n) is 2.92. The Morgan fingerprint density at radius 3 is 2.17 bits per heavy atom. The van der Waals surface area contributed by atoms with Crippen LogP contribution in [0.3, 0.4) is 0 Å². The molecule has 5 nitrogen and oxygen atoms in total. The van der Waals surface area contributed by atoms with Crippen molar-refractivity contribution in [1.29, 1.82) is 0 Å². The largest absolute Gasteiger partial charge is 0.452 e. The maximum absolute atomic E-state index is 12.6. The summed E-state index contributed by atoms with van der Waals surface area (Å²) in [4.78, 5) is 26.8. The van der Waals surface area contributed by atoms with Crippen LogP contribution < -0.4 is 5.32 Å². The van der Waals surface area contributed by atoms with Gasteiger partial charge in [0, 0.05) is 18.8 Å². The topological polar surface area (TPSA) is 58.6 Å². The highest BCUT2D eigenvalue weighted by Crippen LogP contribution is 2.21. The molecule has 0 unspecified atom stereocenters. The van der Waals surface area contributed by atoms with Gasteiger partial charge in [0.2, 0.25) is 0 Å². The number of para-hydroxylation sites is 2. The van der Waals surface area contributed by atoms with Crippen LogP contribution in [0.1, 0.15) is 22.8 Å². The molecule has 29 heavy (non-hydrogen) atoms. The van der Waals surface area contributed by atoms with Gasteiger partial charge in [0.1, 0.15) is 0 Å². The van der Waals surface area contributed by atoms with Crippen molar-refractivity contribution >= 4 is 23.3 Å². The number of rotatable bonds is 8. The lowest BCUT2D eigenvalue weighted by Gasteiger charge is -2.21. The predicted octanol–water partition coefficient (Wildman–Crippen LogP) is 4.64. The lowest BCUT2D eigenvalue weighted by atomic mass is 10.1. The number of esters is 1. The fourth-order valence-corrected chi connectivity index (χ4v) is 2.92. The number of nitrogens with one attached hydrogen (secondary N) is 1. The quantitative estimate of drug-likeness (QED) is 0.572. The second-order valence-electron chi connectivity index (χ2n) is 6.51. The van der Waals surface area contributed by atoms with Gasteiger partial charge in [-0.05, 0) is 36.8 Å². The van der Waals surface area contributed by atoms with Gasteiger partial charge in [-0.25, -0.2) is 4.79 Å². The zero-order valence-electron chi connectivity index (χ0n) is 16.4. The molecule has 0 fully saturated rings. The first-order chi connectivity index (χ1) is 14.2. The van der Waals surface area contributed by atoms with Gasteiger partial charge in [0.15, 0.2) is 6.61 Å². The molecule has 0 atom stereocenters. The highest BCUT2D eigenvalue weighted by Gasteiger charge is 2.17. The summed E-state index contributed by atoms with van der Waals surface area (Å²) in [7, 11) is 0. The minimum absolute atomic E-state index is 0.224. The summed E-state index contributed by atoms with van der Waals surface area (Å²) in [6.07, 6.45) is 0. The number of carbonyl (C=O) groups excluding carboxylic acids is 2. The number of nitrogens with zero attached hydrogens (tertiary/aromatic N) is 1. The van der Waals surface area contributed by atoms with Crippen molar-refractivity contribution in [3.05, 3.63) is 96.1 Å². The molecule has 0 bridgehead atoms. The number of hydrogen-bond acceptors (Lipinski definition) is 4. The first-order valence-corrected chi connectivity index (χ1v) is 9.57. The Kier molecular flexibility index (Phi) is 7.00. The first-order valence-electron chi connectivity index (χ1n) is 9.57. The summed E-state index contributed by atoms with van der Waals surface area (Å²) < 4.78 is 5.32. The van der Waals surface area contributed by atoms with Gasteiger partial charge in [0.25, 0.3) is 5.91 Å².